The molecule has 0 radical (unpaired) electrons. The third-order valence-corrected chi connectivity index (χ3v) is 4.60. The SMILES string of the molecule is COc1c(O)ccc(/C=N/NC(=O)[C@H]2C(=O)NC[C@@H]2c2ccccc2)c1[N+](=O)[O-]. The highest BCUT2D eigenvalue weighted by Crippen LogP contribution is 2.38. The van der Waals surface area contributed by atoms with Gasteiger partial charge in [-0.15, -0.1) is 0 Å². The Balaban J connectivity index is 1.79. The molecule has 1 saturated heterocycles. The van der Waals surface area contributed by atoms with Gasteiger partial charge in [0.1, 0.15) is 5.92 Å². The smallest absolute Gasteiger partial charge is 0.323 e. The predicted molar refractivity (Wildman–Crippen MR) is 103 cm³/mol. The molecule has 0 bridgehead atoms. The van der Waals surface area contributed by atoms with Crippen LogP contribution >= 0.6 is 0 Å². The highest BCUT2D eigenvalue weighted by Gasteiger charge is 2.41. The van der Waals surface area contributed by atoms with Gasteiger partial charge in [0.2, 0.25) is 11.7 Å². The topological polar surface area (TPSA) is 143 Å². The lowest BCUT2D eigenvalue weighted by Crippen LogP contribution is -2.34. The molecule has 29 heavy (non-hydrogen) atoms. The van der Waals surface area contributed by atoms with Crippen LogP contribution in [0, 0.1) is 16.0 Å². The van der Waals surface area contributed by atoms with Crippen molar-refractivity contribution in [2.45, 2.75) is 5.92 Å². The van der Waals surface area contributed by atoms with E-state index < -0.39 is 34.1 Å². The number of benzene rings is 2. The van der Waals surface area contributed by atoms with Crippen LogP contribution in [0.3, 0.4) is 0 Å². The van der Waals surface area contributed by atoms with Crippen LogP contribution in [0.2, 0.25) is 0 Å². The molecule has 0 unspecified atom stereocenters. The first-order valence-electron chi connectivity index (χ1n) is 8.64. The first-order chi connectivity index (χ1) is 13.9. The zero-order valence-electron chi connectivity index (χ0n) is 15.4. The quantitative estimate of drug-likeness (QED) is 0.290. The Bertz CT molecular complexity index is 976. The van der Waals surface area contributed by atoms with E-state index in [9.17, 15) is 24.8 Å². The van der Waals surface area contributed by atoms with Crippen LogP contribution in [0.1, 0.15) is 17.0 Å². The molecule has 0 spiro atoms. The summed E-state index contributed by atoms with van der Waals surface area (Å²) in [5.41, 5.74) is 2.63. The second kappa shape index (κ2) is 8.38. The Hall–Kier alpha value is -3.95. The molecule has 0 aliphatic carbocycles. The van der Waals surface area contributed by atoms with E-state index >= 15 is 0 Å². The van der Waals surface area contributed by atoms with Crippen LogP contribution in [0.5, 0.6) is 11.5 Å². The van der Waals surface area contributed by atoms with Gasteiger partial charge >= 0.3 is 5.69 Å². The number of carbonyl (C=O) groups is 2. The molecule has 3 rings (SSSR count). The van der Waals surface area contributed by atoms with Crippen LogP contribution in [-0.4, -0.2) is 41.7 Å². The Morgan fingerprint density at radius 3 is 2.72 bits per heavy atom. The number of hydrogen-bond acceptors (Lipinski definition) is 7. The molecule has 1 aliphatic rings. The summed E-state index contributed by atoms with van der Waals surface area (Å²) in [6, 6.07) is 11.6. The predicted octanol–water partition coefficient (Wildman–Crippen LogP) is 1.29. The van der Waals surface area contributed by atoms with E-state index in [4.69, 9.17) is 4.74 Å². The molecule has 1 fully saturated rings. The number of nitro groups is 1. The van der Waals surface area contributed by atoms with Gasteiger partial charge in [-0.2, -0.15) is 5.10 Å². The lowest BCUT2D eigenvalue weighted by atomic mass is 9.88. The van der Waals surface area contributed by atoms with E-state index in [1.54, 1.807) is 0 Å². The number of ether oxygens (including phenoxy) is 1. The number of phenols is 1. The van der Waals surface area contributed by atoms with Gasteiger partial charge in [-0.05, 0) is 17.7 Å². The standard InChI is InChI=1S/C19H18N4O6/c1-29-17-14(24)8-7-12(16(17)23(27)28)9-21-22-19(26)15-13(10-20-18(15)25)11-5-3-2-4-6-11/h2-9,13,15,24H,10H2,1H3,(H,20,25)(H,22,26)/b21-9+/t13-,15-/m1/s1. The monoisotopic (exact) mass is 398 g/mol. The molecular weight excluding hydrogens is 380 g/mol. The third-order valence-electron chi connectivity index (χ3n) is 4.60. The molecule has 150 valence electrons. The minimum Gasteiger partial charge on any atom is -0.504 e. The largest absolute Gasteiger partial charge is 0.504 e. The molecule has 2 aromatic carbocycles. The van der Waals surface area contributed by atoms with Crippen molar-refractivity contribution in [2.75, 3.05) is 13.7 Å². The van der Waals surface area contributed by atoms with Gasteiger partial charge in [0, 0.05) is 12.5 Å². The molecule has 0 saturated carbocycles. The lowest BCUT2D eigenvalue weighted by Gasteiger charge is -2.15. The van der Waals surface area contributed by atoms with Crippen molar-refractivity contribution in [1.29, 1.82) is 0 Å². The van der Waals surface area contributed by atoms with E-state index in [-0.39, 0.29) is 17.2 Å². The molecular formula is C19H18N4O6. The fourth-order valence-electron chi connectivity index (χ4n) is 3.24. The van der Waals surface area contributed by atoms with E-state index in [0.717, 1.165) is 11.8 Å². The molecule has 3 N–H and O–H groups in total. The zero-order chi connectivity index (χ0) is 21.0. The molecule has 0 aromatic heterocycles. The minimum absolute atomic E-state index is 0.0143. The van der Waals surface area contributed by atoms with E-state index in [1.165, 1.54) is 19.2 Å². The Morgan fingerprint density at radius 2 is 2.07 bits per heavy atom. The minimum atomic E-state index is -0.973. The molecule has 10 heteroatoms. The number of methoxy groups -OCH3 is 1. The van der Waals surface area contributed by atoms with Crippen LogP contribution < -0.4 is 15.5 Å². The van der Waals surface area contributed by atoms with Gasteiger partial charge in [0.25, 0.3) is 5.91 Å². The summed E-state index contributed by atoms with van der Waals surface area (Å²) in [5, 5.41) is 27.4. The van der Waals surface area contributed by atoms with Crippen molar-refractivity contribution < 1.29 is 24.4 Å². The molecule has 2 amide bonds. The molecule has 10 nitrogen and oxygen atoms in total. The number of nitrogens with one attached hydrogen (secondary N) is 2. The highest BCUT2D eigenvalue weighted by atomic mass is 16.6. The summed E-state index contributed by atoms with van der Waals surface area (Å²) >= 11 is 0. The van der Waals surface area contributed by atoms with Gasteiger partial charge < -0.3 is 15.2 Å². The summed E-state index contributed by atoms with van der Waals surface area (Å²) in [6.07, 6.45) is 1.06. The molecule has 1 heterocycles. The number of carbonyl (C=O) groups excluding carboxylic acids is 2. The summed E-state index contributed by atoms with van der Waals surface area (Å²) < 4.78 is 4.87. The summed E-state index contributed by atoms with van der Waals surface area (Å²) in [5.74, 6) is -3.07. The number of rotatable bonds is 6. The Morgan fingerprint density at radius 1 is 1.34 bits per heavy atom. The van der Waals surface area contributed by atoms with E-state index in [0.29, 0.717) is 6.54 Å². The zero-order valence-corrected chi connectivity index (χ0v) is 15.4. The van der Waals surface area contributed by atoms with Crippen LogP contribution in [0.4, 0.5) is 5.69 Å². The Kier molecular flexibility index (Phi) is 5.72. The van der Waals surface area contributed by atoms with Crippen molar-refractivity contribution >= 4 is 23.7 Å². The number of hydrogen-bond donors (Lipinski definition) is 3. The maximum absolute atomic E-state index is 12.5. The van der Waals surface area contributed by atoms with Crippen LogP contribution in [-0.2, 0) is 9.59 Å². The maximum atomic E-state index is 12.5. The number of nitrogens with zero attached hydrogens (tertiary/aromatic N) is 2. The van der Waals surface area contributed by atoms with Crippen LogP contribution in [0.15, 0.2) is 47.6 Å². The van der Waals surface area contributed by atoms with Crippen molar-refractivity contribution in [1.82, 2.24) is 10.7 Å². The third kappa shape index (κ3) is 4.00. The van der Waals surface area contributed by atoms with Gasteiger partial charge in [-0.25, -0.2) is 5.43 Å². The summed E-state index contributed by atoms with van der Waals surface area (Å²) in [6.45, 7) is 0.325. The number of nitro benzene ring substituents is 1. The van der Waals surface area contributed by atoms with Crippen molar-refractivity contribution in [2.24, 2.45) is 11.0 Å². The molecule has 2 aromatic rings. The highest BCUT2D eigenvalue weighted by molar-refractivity contribution is 6.03. The number of phenolic OH excluding ortho intramolecular Hbond substituents is 1. The second-order valence-electron chi connectivity index (χ2n) is 6.29. The van der Waals surface area contributed by atoms with Gasteiger partial charge in [0.15, 0.2) is 5.75 Å². The Labute approximate surface area is 165 Å². The lowest BCUT2D eigenvalue weighted by molar-refractivity contribution is -0.386. The van der Waals surface area contributed by atoms with Gasteiger partial charge in [0.05, 0.1) is 23.8 Å². The average molecular weight is 398 g/mol. The van der Waals surface area contributed by atoms with Crippen molar-refractivity contribution in [3.8, 4) is 11.5 Å². The van der Waals surface area contributed by atoms with Crippen molar-refractivity contribution in [3.05, 3.63) is 63.7 Å². The van der Waals surface area contributed by atoms with Crippen molar-refractivity contribution in [3.63, 3.8) is 0 Å². The maximum Gasteiger partial charge on any atom is 0.323 e. The van der Waals surface area contributed by atoms with E-state index in [2.05, 4.69) is 15.8 Å². The van der Waals surface area contributed by atoms with Gasteiger partial charge in [-0.3, -0.25) is 19.7 Å². The fourth-order valence-corrected chi connectivity index (χ4v) is 3.24. The fraction of sp³-hybridized carbons (Fsp3) is 0.211. The van der Waals surface area contributed by atoms with Crippen LogP contribution in [0.25, 0.3) is 0 Å². The summed E-state index contributed by atoms with van der Waals surface area (Å²) in [4.78, 5) is 35.3. The first-order valence-corrected chi connectivity index (χ1v) is 8.64. The van der Waals surface area contributed by atoms with E-state index in [1.807, 2.05) is 30.3 Å². The molecule has 1 aliphatic heterocycles. The van der Waals surface area contributed by atoms with Gasteiger partial charge in [-0.1, -0.05) is 30.3 Å². The number of amides is 2. The second-order valence-corrected chi connectivity index (χ2v) is 6.29. The average Bonchev–Trinajstić information content (AvgIpc) is 3.10. The molecule has 2 atom stereocenters. The number of aromatic hydroxyl groups is 1. The number of hydrazone groups is 1. The normalized spacial score (nSPS) is 18.4. The first kappa shape index (κ1) is 19.8. The summed E-state index contributed by atoms with van der Waals surface area (Å²) in [7, 11) is 1.19.